The van der Waals surface area contributed by atoms with Crippen molar-refractivity contribution in [2.75, 3.05) is 5.32 Å². The van der Waals surface area contributed by atoms with Gasteiger partial charge < -0.3 is 10.4 Å². The summed E-state index contributed by atoms with van der Waals surface area (Å²) in [6, 6.07) is 10.2. The molecule has 0 aliphatic carbocycles. The largest absolute Gasteiger partial charge is 0.506 e. The second-order valence-electron chi connectivity index (χ2n) is 6.40. The highest BCUT2D eigenvalue weighted by Gasteiger charge is 2.18. The maximum Gasteiger partial charge on any atom is 0.229 e. The number of rotatable bonds is 4. The Bertz CT molecular complexity index is 1030. The first-order valence-corrected chi connectivity index (χ1v) is 9.12. The first-order valence-electron chi connectivity index (χ1n) is 8.36. The number of carbonyl (C=O) groups excluding carboxylic acids is 1. The van der Waals surface area contributed by atoms with Gasteiger partial charge in [-0.25, -0.2) is 4.68 Å². The Balaban J connectivity index is 1.86. The lowest BCUT2D eigenvalue weighted by atomic mass is 10.1. The average Bonchev–Trinajstić information content (AvgIpc) is 2.86. The molecule has 0 bridgehead atoms. The van der Waals surface area contributed by atoms with Crippen LogP contribution >= 0.6 is 23.2 Å². The molecule has 7 heteroatoms. The summed E-state index contributed by atoms with van der Waals surface area (Å²) in [5.41, 5.74) is 4.40. The molecule has 3 aromatic rings. The van der Waals surface area contributed by atoms with Gasteiger partial charge in [-0.3, -0.25) is 4.79 Å². The number of phenolic OH excluding ortho intramolecular Hbond substituents is 1. The summed E-state index contributed by atoms with van der Waals surface area (Å²) in [5.74, 6) is -0.199. The first kappa shape index (κ1) is 19.3. The number of aromatic hydroxyl groups is 1. The van der Waals surface area contributed by atoms with E-state index < -0.39 is 0 Å². The molecule has 1 aromatic heterocycles. The van der Waals surface area contributed by atoms with Crippen molar-refractivity contribution in [3.05, 3.63) is 69.0 Å². The molecule has 140 valence electrons. The van der Waals surface area contributed by atoms with Crippen molar-refractivity contribution in [3.63, 3.8) is 0 Å². The van der Waals surface area contributed by atoms with Crippen LogP contribution in [0.15, 0.2) is 36.4 Å². The number of anilines is 1. The van der Waals surface area contributed by atoms with Crippen LogP contribution in [-0.4, -0.2) is 20.8 Å². The molecule has 1 amide bonds. The Morgan fingerprint density at radius 1 is 1.15 bits per heavy atom. The van der Waals surface area contributed by atoms with Gasteiger partial charge in [0, 0.05) is 16.3 Å². The predicted octanol–water partition coefficient (Wildman–Crippen LogP) is 4.99. The van der Waals surface area contributed by atoms with Gasteiger partial charge in [0.15, 0.2) is 0 Å². The van der Waals surface area contributed by atoms with Gasteiger partial charge in [-0.1, -0.05) is 29.3 Å². The van der Waals surface area contributed by atoms with E-state index >= 15 is 0 Å². The van der Waals surface area contributed by atoms with E-state index in [0.29, 0.717) is 21.4 Å². The van der Waals surface area contributed by atoms with Crippen LogP contribution in [0.4, 0.5) is 5.69 Å². The summed E-state index contributed by atoms with van der Waals surface area (Å²) in [4.78, 5) is 12.5. The molecule has 27 heavy (non-hydrogen) atoms. The van der Waals surface area contributed by atoms with E-state index in [0.717, 1.165) is 22.5 Å². The van der Waals surface area contributed by atoms with Gasteiger partial charge in [-0.15, -0.1) is 0 Å². The number of carbonyl (C=O) groups is 1. The Kier molecular flexibility index (Phi) is 5.44. The fraction of sp³-hybridized carbons (Fsp3) is 0.200. The summed E-state index contributed by atoms with van der Waals surface area (Å²) < 4.78 is 1.71. The van der Waals surface area contributed by atoms with Gasteiger partial charge in [0.2, 0.25) is 5.91 Å². The maximum atomic E-state index is 12.5. The van der Waals surface area contributed by atoms with Gasteiger partial charge in [0.05, 0.1) is 28.5 Å². The number of aromatic nitrogens is 2. The fourth-order valence-electron chi connectivity index (χ4n) is 2.92. The van der Waals surface area contributed by atoms with Gasteiger partial charge in [0.25, 0.3) is 0 Å². The third-order valence-corrected chi connectivity index (χ3v) is 4.88. The normalized spacial score (nSPS) is 10.9. The molecule has 0 fully saturated rings. The van der Waals surface area contributed by atoms with Crippen LogP contribution in [-0.2, 0) is 11.2 Å². The first-order chi connectivity index (χ1) is 12.8. The molecule has 0 spiro atoms. The van der Waals surface area contributed by atoms with Crippen molar-refractivity contribution in [3.8, 4) is 11.4 Å². The summed E-state index contributed by atoms with van der Waals surface area (Å²) >= 11 is 12.3. The Morgan fingerprint density at radius 3 is 2.59 bits per heavy atom. The van der Waals surface area contributed by atoms with Crippen molar-refractivity contribution in [1.82, 2.24) is 9.78 Å². The Morgan fingerprint density at radius 2 is 1.89 bits per heavy atom. The van der Waals surface area contributed by atoms with Gasteiger partial charge in [0.1, 0.15) is 5.75 Å². The summed E-state index contributed by atoms with van der Waals surface area (Å²) in [7, 11) is 0. The molecule has 0 aliphatic rings. The number of nitrogens with one attached hydrogen (secondary N) is 1. The van der Waals surface area contributed by atoms with E-state index in [9.17, 15) is 9.90 Å². The van der Waals surface area contributed by atoms with Gasteiger partial charge in [-0.2, -0.15) is 5.10 Å². The van der Waals surface area contributed by atoms with Crippen molar-refractivity contribution < 1.29 is 9.90 Å². The summed E-state index contributed by atoms with van der Waals surface area (Å²) in [5, 5.41) is 18.2. The zero-order valence-corrected chi connectivity index (χ0v) is 16.7. The van der Waals surface area contributed by atoms with E-state index in [1.165, 1.54) is 0 Å². The number of aryl methyl sites for hydroxylation is 2. The molecule has 2 N–H and O–H groups in total. The minimum atomic E-state index is -0.233. The quantitative estimate of drug-likeness (QED) is 0.602. The molecule has 0 atom stereocenters. The highest BCUT2D eigenvalue weighted by atomic mass is 35.5. The summed E-state index contributed by atoms with van der Waals surface area (Å²) in [6.45, 7) is 5.63. The van der Waals surface area contributed by atoms with Gasteiger partial charge >= 0.3 is 0 Å². The lowest BCUT2D eigenvalue weighted by Crippen LogP contribution is -2.15. The molecule has 0 radical (unpaired) electrons. The predicted molar refractivity (Wildman–Crippen MR) is 108 cm³/mol. The van der Waals surface area contributed by atoms with Crippen LogP contribution in [0.5, 0.6) is 5.75 Å². The van der Waals surface area contributed by atoms with Crippen molar-refractivity contribution >= 4 is 34.8 Å². The van der Waals surface area contributed by atoms with Crippen LogP contribution in [0, 0.1) is 20.8 Å². The molecule has 3 rings (SSSR count). The lowest BCUT2D eigenvalue weighted by molar-refractivity contribution is -0.115. The Hall–Kier alpha value is -2.50. The van der Waals surface area contributed by atoms with Crippen LogP contribution in [0.2, 0.25) is 10.0 Å². The molecule has 0 unspecified atom stereocenters. The zero-order chi connectivity index (χ0) is 19.7. The minimum absolute atomic E-state index is 0.0334. The van der Waals surface area contributed by atoms with Crippen LogP contribution in [0.3, 0.4) is 0 Å². The minimum Gasteiger partial charge on any atom is -0.506 e. The number of amides is 1. The van der Waals surface area contributed by atoms with E-state index in [4.69, 9.17) is 23.2 Å². The van der Waals surface area contributed by atoms with E-state index in [2.05, 4.69) is 10.4 Å². The highest BCUT2D eigenvalue weighted by Crippen LogP contribution is 2.28. The smallest absolute Gasteiger partial charge is 0.229 e. The van der Waals surface area contributed by atoms with Crippen molar-refractivity contribution in [2.24, 2.45) is 0 Å². The molecule has 0 aliphatic heterocycles. The number of halogens is 2. The second kappa shape index (κ2) is 7.62. The van der Waals surface area contributed by atoms with E-state index in [1.807, 2.05) is 20.8 Å². The molecule has 2 aromatic carbocycles. The van der Waals surface area contributed by atoms with Crippen molar-refractivity contribution in [2.45, 2.75) is 27.2 Å². The van der Waals surface area contributed by atoms with Gasteiger partial charge in [-0.05, 0) is 56.7 Å². The molecule has 5 nitrogen and oxygen atoms in total. The Labute approximate surface area is 167 Å². The third kappa shape index (κ3) is 4.10. The van der Waals surface area contributed by atoms with Crippen LogP contribution in [0.25, 0.3) is 5.69 Å². The molecule has 0 saturated carbocycles. The van der Waals surface area contributed by atoms with E-state index in [1.54, 1.807) is 41.1 Å². The van der Waals surface area contributed by atoms with Crippen molar-refractivity contribution in [1.29, 1.82) is 0 Å². The SMILES string of the molecule is Cc1ccc(O)c(NC(=O)Cc2c(C)nn(-c3ccc(Cl)cc3Cl)c2C)c1. The van der Waals surface area contributed by atoms with Crippen LogP contribution < -0.4 is 5.32 Å². The number of benzene rings is 2. The number of phenols is 1. The molecular weight excluding hydrogens is 385 g/mol. The second-order valence-corrected chi connectivity index (χ2v) is 7.25. The third-order valence-electron chi connectivity index (χ3n) is 4.34. The zero-order valence-electron chi connectivity index (χ0n) is 15.2. The average molecular weight is 404 g/mol. The van der Waals surface area contributed by atoms with Crippen LogP contribution in [0.1, 0.15) is 22.5 Å². The monoisotopic (exact) mass is 403 g/mol. The molecule has 0 saturated heterocycles. The fourth-order valence-corrected chi connectivity index (χ4v) is 3.41. The number of nitrogens with zero attached hydrogens (tertiary/aromatic N) is 2. The standard InChI is InChI=1S/C20H19Cl2N3O2/c1-11-4-7-19(26)17(8-11)23-20(27)10-15-12(2)24-25(13(15)3)18-6-5-14(21)9-16(18)22/h4-9,26H,10H2,1-3H3,(H,23,27). The highest BCUT2D eigenvalue weighted by molar-refractivity contribution is 6.35. The lowest BCUT2D eigenvalue weighted by Gasteiger charge is -2.09. The maximum absolute atomic E-state index is 12.5. The topological polar surface area (TPSA) is 67.2 Å². The number of hydrogen-bond donors (Lipinski definition) is 2. The summed E-state index contributed by atoms with van der Waals surface area (Å²) in [6.07, 6.45) is 0.135. The molecular formula is C20H19Cl2N3O2. The number of hydrogen-bond acceptors (Lipinski definition) is 3. The van der Waals surface area contributed by atoms with E-state index in [-0.39, 0.29) is 18.1 Å². The molecule has 1 heterocycles.